The number of nitrogens with one attached hydrogen (secondary N) is 1. The molecule has 1 aromatic heterocycles. The molecule has 2 aromatic rings. The predicted molar refractivity (Wildman–Crippen MR) is 85.3 cm³/mol. The van der Waals surface area contributed by atoms with Gasteiger partial charge in [-0.2, -0.15) is 0 Å². The van der Waals surface area contributed by atoms with E-state index >= 15 is 0 Å². The van der Waals surface area contributed by atoms with Crippen molar-refractivity contribution in [1.29, 1.82) is 0 Å². The molecular formula is C16H14F6N4O2. The van der Waals surface area contributed by atoms with Gasteiger partial charge in [-0.1, -0.05) is 0 Å². The molecule has 3 rings (SSSR count). The van der Waals surface area contributed by atoms with Gasteiger partial charge >= 0.3 is 6.36 Å². The van der Waals surface area contributed by atoms with Crippen LogP contribution in [-0.4, -0.2) is 51.9 Å². The molecule has 2 N–H and O–H groups in total. The Hall–Kier alpha value is -2.89. The molecule has 152 valence electrons. The first-order chi connectivity index (χ1) is 13.1. The molecule has 0 atom stereocenters. The van der Waals surface area contributed by atoms with E-state index in [1.165, 1.54) is 0 Å². The van der Waals surface area contributed by atoms with E-state index in [2.05, 4.69) is 15.3 Å². The third-order valence-corrected chi connectivity index (χ3v) is 3.59. The van der Waals surface area contributed by atoms with Gasteiger partial charge < -0.3 is 15.3 Å². The first-order valence-corrected chi connectivity index (χ1v) is 7.83. The van der Waals surface area contributed by atoms with Crippen LogP contribution in [0.1, 0.15) is 6.42 Å². The number of benzene rings is 1. The SMILES string of the molecule is O=C(CNc1ncnc(-c2ccc(F)cc2F)c1F)N1CCC1.OC(F)(F)F. The van der Waals surface area contributed by atoms with E-state index in [1.54, 1.807) is 4.90 Å². The molecule has 1 saturated heterocycles. The van der Waals surface area contributed by atoms with Crippen molar-refractivity contribution in [3.63, 3.8) is 0 Å². The summed E-state index contributed by atoms with van der Waals surface area (Å²) in [6, 6.07) is 2.77. The topological polar surface area (TPSA) is 78.4 Å². The van der Waals surface area contributed by atoms with Crippen molar-refractivity contribution < 1.29 is 36.2 Å². The number of nitrogens with zero attached hydrogens (tertiary/aromatic N) is 3. The molecule has 6 nitrogen and oxygen atoms in total. The molecule has 0 bridgehead atoms. The number of aromatic nitrogens is 2. The third-order valence-electron chi connectivity index (χ3n) is 3.59. The van der Waals surface area contributed by atoms with Gasteiger partial charge in [-0.05, 0) is 18.6 Å². The van der Waals surface area contributed by atoms with Crippen LogP contribution in [0, 0.1) is 17.5 Å². The van der Waals surface area contributed by atoms with Crippen molar-refractivity contribution in [2.75, 3.05) is 25.0 Å². The molecule has 1 aliphatic heterocycles. The van der Waals surface area contributed by atoms with Crippen LogP contribution < -0.4 is 5.32 Å². The highest BCUT2D eigenvalue weighted by molar-refractivity contribution is 5.81. The van der Waals surface area contributed by atoms with E-state index in [0.29, 0.717) is 19.2 Å². The molecule has 2 heterocycles. The summed E-state index contributed by atoms with van der Waals surface area (Å²) < 4.78 is 70.9. The monoisotopic (exact) mass is 408 g/mol. The highest BCUT2D eigenvalue weighted by atomic mass is 19.4. The Kier molecular flexibility index (Phi) is 6.78. The van der Waals surface area contributed by atoms with Crippen molar-refractivity contribution in [1.82, 2.24) is 14.9 Å². The summed E-state index contributed by atoms with van der Waals surface area (Å²) in [6.07, 6.45) is -2.99. The molecule has 0 spiro atoms. The lowest BCUT2D eigenvalue weighted by molar-refractivity contribution is -0.295. The van der Waals surface area contributed by atoms with E-state index in [0.717, 1.165) is 24.9 Å². The van der Waals surface area contributed by atoms with Gasteiger partial charge in [-0.15, -0.1) is 13.2 Å². The number of carbonyl (C=O) groups excluding carboxylic acids is 1. The average Bonchev–Trinajstić information content (AvgIpc) is 2.51. The maximum absolute atomic E-state index is 14.4. The molecule has 0 unspecified atom stereocenters. The van der Waals surface area contributed by atoms with Crippen LogP contribution in [0.5, 0.6) is 0 Å². The van der Waals surface area contributed by atoms with Crippen molar-refractivity contribution in [2.45, 2.75) is 12.8 Å². The van der Waals surface area contributed by atoms with Gasteiger partial charge in [0.05, 0.1) is 6.54 Å². The Balaban J connectivity index is 0.000000500. The van der Waals surface area contributed by atoms with Gasteiger partial charge in [0.1, 0.15) is 23.7 Å². The predicted octanol–water partition coefficient (Wildman–Crippen LogP) is 2.70. The van der Waals surface area contributed by atoms with E-state index < -0.39 is 23.8 Å². The van der Waals surface area contributed by atoms with Crippen molar-refractivity contribution in [3.8, 4) is 11.3 Å². The lowest BCUT2D eigenvalue weighted by atomic mass is 10.1. The number of hydrogen-bond acceptors (Lipinski definition) is 5. The van der Waals surface area contributed by atoms with Gasteiger partial charge in [0.15, 0.2) is 11.6 Å². The minimum absolute atomic E-state index is 0.112. The second-order valence-corrected chi connectivity index (χ2v) is 5.56. The minimum atomic E-state index is -5.00. The van der Waals surface area contributed by atoms with Gasteiger partial charge in [-0.3, -0.25) is 4.79 Å². The number of anilines is 1. The summed E-state index contributed by atoms with van der Waals surface area (Å²) in [5, 5.41) is 9.11. The standard InChI is InChI=1S/C15H13F3N4O.CHF3O/c16-9-2-3-10(11(17)6-9)14-13(18)15(21-8-20-14)19-7-12(23)22-4-1-5-22;2-1(3,4)5/h2-3,6,8H,1,4-5,7H2,(H,19,20,21);5H. The molecule has 0 radical (unpaired) electrons. The van der Waals surface area contributed by atoms with E-state index in [9.17, 15) is 31.1 Å². The number of rotatable bonds is 4. The molecule has 1 aliphatic rings. The second-order valence-electron chi connectivity index (χ2n) is 5.56. The minimum Gasteiger partial charge on any atom is -0.358 e. The lowest BCUT2D eigenvalue weighted by Crippen LogP contribution is -2.44. The number of aliphatic hydroxyl groups is 1. The zero-order chi connectivity index (χ0) is 20.9. The quantitative estimate of drug-likeness (QED) is 0.761. The maximum Gasteiger partial charge on any atom is 0.519 e. The molecule has 1 aromatic carbocycles. The zero-order valence-electron chi connectivity index (χ0n) is 14.1. The van der Waals surface area contributed by atoms with E-state index in [4.69, 9.17) is 5.11 Å². The van der Waals surface area contributed by atoms with Crippen LogP contribution in [0.4, 0.5) is 32.2 Å². The van der Waals surface area contributed by atoms with Crippen LogP contribution in [0.25, 0.3) is 11.3 Å². The summed E-state index contributed by atoms with van der Waals surface area (Å²) in [4.78, 5) is 20.8. The van der Waals surface area contributed by atoms with Gasteiger partial charge in [0.2, 0.25) is 5.91 Å². The number of halogens is 6. The molecular weight excluding hydrogens is 394 g/mol. The van der Waals surface area contributed by atoms with Gasteiger partial charge in [-0.25, -0.2) is 23.1 Å². The number of alkyl halides is 3. The fourth-order valence-electron chi connectivity index (χ4n) is 2.20. The Morgan fingerprint density at radius 2 is 1.82 bits per heavy atom. The highest BCUT2D eigenvalue weighted by Crippen LogP contribution is 2.26. The lowest BCUT2D eigenvalue weighted by Gasteiger charge is -2.30. The molecule has 0 saturated carbocycles. The average molecular weight is 408 g/mol. The van der Waals surface area contributed by atoms with Crippen molar-refractivity contribution in [2.24, 2.45) is 0 Å². The summed E-state index contributed by atoms with van der Waals surface area (Å²) in [5.74, 6) is -2.95. The van der Waals surface area contributed by atoms with Crippen LogP contribution in [0.2, 0.25) is 0 Å². The van der Waals surface area contributed by atoms with Crippen LogP contribution >= 0.6 is 0 Å². The zero-order valence-corrected chi connectivity index (χ0v) is 14.1. The first-order valence-electron chi connectivity index (χ1n) is 7.83. The molecule has 28 heavy (non-hydrogen) atoms. The van der Waals surface area contributed by atoms with Crippen LogP contribution in [0.3, 0.4) is 0 Å². The Morgan fingerprint density at radius 3 is 2.36 bits per heavy atom. The van der Waals surface area contributed by atoms with Crippen LogP contribution in [0.15, 0.2) is 24.5 Å². The highest BCUT2D eigenvalue weighted by Gasteiger charge is 2.22. The maximum atomic E-state index is 14.4. The first kappa shape index (κ1) is 21.4. The summed E-state index contributed by atoms with van der Waals surface area (Å²) in [7, 11) is 0. The molecule has 12 heteroatoms. The Bertz CT molecular complexity index is 836. The molecule has 1 fully saturated rings. The van der Waals surface area contributed by atoms with Gasteiger partial charge in [0, 0.05) is 24.7 Å². The summed E-state index contributed by atoms with van der Waals surface area (Å²) in [6.45, 7) is 1.27. The fraction of sp³-hybridized carbons (Fsp3) is 0.312. The van der Waals surface area contributed by atoms with Crippen molar-refractivity contribution >= 4 is 11.7 Å². The second kappa shape index (κ2) is 8.87. The largest absolute Gasteiger partial charge is 0.519 e. The molecule has 1 amide bonds. The number of likely N-dealkylation sites (tertiary alicyclic amines) is 1. The Morgan fingerprint density at radius 1 is 1.18 bits per heavy atom. The fourth-order valence-corrected chi connectivity index (χ4v) is 2.20. The normalized spacial score (nSPS) is 13.3. The van der Waals surface area contributed by atoms with Gasteiger partial charge in [0.25, 0.3) is 0 Å². The molecule has 0 aliphatic carbocycles. The van der Waals surface area contributed by atoms with E-state index in [-0.39, 0.29) is 29.5 Å². The summed E-state index contributed by atoms with van der Waals surface area (Å²) in [5.41, 5.74) is -0.472. The Labute approximate surface area is 154 Å². The number of amides is 1. The third kappa shape index (κ3) is 6.08. The smallest absolute Gasteiger partial charge is 0.358 e. The number of carbonyl (C=O) groups is 1. The summed E-state index contributed by atoms with van der Waals surface area (Å²) >= 11 is 0. The van der Waals surface area contributed by atoms with E-state index in [1.807, 2.05) is 0 Å². The number of hydrogen-bond donors (Lipinski definition) is 2. The van der Waals surface area contributed by atoms with Crippen LogP contribution in [-0.2, 0) is 4.79 Å². The van der Waals surface area contributed by atoms with Crippen molar-refractivity contribution in [3.05, 3.63) is 42.0 Å².